The lowest BCUT2D eigenvalue weighted by Gasteiger charge is -2.38. The van der Waals surface area contributed by atoms with Crippen LogP contribution < -0.4 is 10.7 Å². The van der Waals surface area contributed by atoms with Crippen LogP contribution in [-0.4, -0.2) is 46.8 Å². The number of likely N-dealkylation sites (tertiary alicyclic amines) is 1. The highest BCUT2D eigenvalue weighted by molar-refractivity contribution is 5.95. The van der Waals surface area contributed by atoms with Crippen LogP contribution in [0.25, 0.3) is 10.9 Å². The molecule has 1 aromatic heterocycles. The monoisotopic (exact) mass is 340 g/mol. The molecule has 0 unspecified atom stereocenters. The molecule has 2 aromatic rings. The third-order valence-electron chi connectivity index (χ3n) is 5.81. The summed E-state index contributed by atoms with van der Waals surface area (Å²) < 4.78 is 1.75. The second-order valence-electron chi connectivity index (χ2n) is 7.23. The van der Waals surface area contributed by atoms with Crippen LogP contribution in [0.1, 0.15) is 36.7 Å². The van der Waals surface area contributed by atoms with Gasteiger partial charge in [-0.3, -0.25) is 14.3 Å². The van der Waals surface area contributed by atoms with Gasteiger partial charge < -0.3 is 10.2 Å². The fraction of sp³-hybridized carbons (Fsp3) is 0.526. The average molecular weight is 340 g/mol. The fourth-order valence-corrected chi connectivity index (χ4v) is 4.18. The largest absolute Gasteiger partial charge is 0.337 e. The summed E-state index contributed by atoms with van der Waals surface area (Å²) in [5.74, 6) is -0.223. The van der Waals surface area contributed by atoms with Gasteiger partial charge in [0, 0.05) is 31.6 Å². The zero-order valence-corrected chi connectivity index (χ0v) is 14.6. The van der Waals surface area contributed by atoms with Crippen molar-refractivity contribution in [2.24, 2.45) is 5.41 Å². The predicted octanol–water partition coefficient (Wildman–Crippen LogP) is 1.63. The summed E-state index contributed by atoms with van der Waals surface area (Å²) in [6, 6.07) is 7.36. The zero-order chi connectivity index (χ0) is 17.4. The van der Waals surface area contributed by atoms with Gasteiger partial charge >= 0.3 is 0 Å². The summed E-state index contributed by atoms with van der Waals surface area (Å²) in [5.41, 5.74) is 0.923. The number of benzene rings is 1. The molecule has 1 aromatic carbocycles. The van der Waals surface area contributed by atoms with Gasteiger partial charge in [-0.1, -0.05) is 12.1 Å². The van der Waals surface area contributed by atoms with Crippen LogP contribution in [0.5, 0.6) is 0 Å². The van der Waals surface area contributed by atoms with E-state index in [1.54, 1.807) is 10.7 Å². The molecule has 2 saturated heterocycles. The Morgan fingerprint density at radius 3 is 2.68 bits per heavy atom. The normalized spacial score (nSPS) is 19.6. The number of nitrogens with one attached hydrogen (secondary N) is 1. The maximum Gasteiger partial charge on any atom is 0.278 e. The van der Waals surface area contributed by atoms with Crippen LogP contribution in [0.3, 0.4) is 0 Å². The smallest absolute Gasteiger partial charge is 0.278 e. The van der Waals surface area contributed by atoms with Crippen molar-refractivity contribution in [1.82, 2.24) is 20.0 Å². The molecule has 0 saturated carbocycles. The lowest BCUT2D eigenvalue weighted by molar-refractivity contribution is 0.0598. The zero-order valence-electron chi connectivity index (χ0n) is 14.6. The third kappa shape index (κ3) is 2.74. The van der Waals surface area contributed by atoms with E-state index in [-0.39, 0.29) is 17.0 Å². The lowest BCUT2D eigenvalue weighted by atomic mass is 9.78. The number of fused-ring (bicyclic) bond motifs is 1. The number of rotatable bonds is 2. The van der Waals surface area contributed by atoms with Gasteiger partial charge in [0.25, 0.3) is 5.91 Å². The number of hydrogen-bond acceptors (Lipinski definition) is 4. The summed E-state index contributed by atoms with van der Waals surface area (Å²) in [6.45, 7) is 6.13. The Hall–Kier alpha value is -2.21. The summed E-state index contributed by atoms with van der Waals surface area (Å²) in [6.07, 6.45) is 3.19. The summed E-state index contributed by atoms with van der Waals surface area (Å²) >= 11 is 0. The van der Waals surface area contributed by atoms with Crippen molar-refractivity contribution < 1.29 is 4.79 Å². The number of piperidine rings is 1. The first-order valence-corrected chi connectivity index (χ1v) is 9.13. The topological polar surface area (TPSA) is 67.2 Å². The first-order chi connectivity index (χ1) is 12.1. The highest BCUT2D eigenvalue weighted by Gasteiger charge is 2.38. The Kier molecular flexibility index (Phi) is 4.07. The Morgan fingerprint density at radius 1 is 1.24 bits per heavy atom. The van der Waals surface area contributed by atoms with Gasteiger partial charge in [-0.05, 0) is 50.3 Å². The van der Waals surface area contributed by atoms with Crippen molar-refractivity contribution in [3.63, 3.8) is 0 Å². The Labute approximate surface area is 146 Å². The summed E-state index contributed by atoms with van der Waals surface area (Å²) in [5, 5.41) is 8.38. The second kappa shape index (κ2) is 6.26. The highest BCUT2D eigenvalue weighted by Crippen LogP contribution is 2.37. The number of hydrogen-bond donors (Lipinski definition) is 1. The molecule has 1 N–H and O–H groups in total. The van der Waals surface area contributed by atoms with Crippen molar-refractivity contribution in [3.05, 3.63) is 40.2 Å². The van der Waals surface area contributed by atoms with E-state index in [4.69, 9.17) is 0 Å². The molecule has 0 bridgehead atoms. The quantitative estimate of drug-likeness (QED) is 0.902. The number of nitrogens with zero attached hydrogens (tertiary/aromatic N) is 3. The van der Waals surface area contributed by atoms with Crippen molar-refractivity contribution in [2.75, 3.05) is 26.2 Å². The number of aromatic nitrogens is 2. The molecule has 4 rings (SSSR count). The molecule has 2 aliphatic rings. The fourth-order valence-electron chi connectivity index (χ4n) is 4.18. The molecule has 1 spiro atoms. The van der Waals surface area contributed by atoms with Crippen LogP contribution in [0.15, 0.2) is 29.1 Å². The van der Waals surface area contributed by atoms with Crippen molar-refractivity contribution in [1.29, 1.82) is 0 Å². The van der Waals surface area contributed by atoms with E-state index in [1.165, 1.54) is 6.42 Å². The minimum atomic E-state index is -0.256. The molecular formula is C19H24N4O2. The van der Waals surface area contributed by atoms with Crippen molar-refractivity contribution >= 4 is 16.8 Å². The van der Waals surface area contributed by atoms with Crippen LogP contribution >= 0.6 is 0 Å². The van der Waals surface area contributed by atoms with E-state index in [0.29, 0.717) is 30.4 Å². The SMILES string of the molecule is CCn1nc(C(=O)N2CCC3(CCNC3)CC2)c(=O)c2ccccc21. The Bertz CT molecular complexity index is 857. The third-order valence-corrected chi connectivity index (χ3v) is 5.81. The predicted molar refractivity (Wildman–Crippen MR) is 96.7 cm³/mol. The molecule has 3 heterocycles. The Balaban J connectivity index is 1.64. The highest BCUT2D eigenvalue weighted by atomic mass is 16.2. The van der Waals surface area contributed by atoms with Gasteiger partial charge in [0.2, 0.25) is 5.43 Å². The summed E-state index contributed by atoms with van der Waals surface area (Å²) in [4.78, 5) is 27.6. The minimum Gasteiger partial charge on any atom is -0.337 e. The van der Waals surface area contributed by atoms with Crippen LogP contribution in [-0.2, 0) is 6.54 Å². The molecule has 25 heavy (non-hydrogen) atoms. The maximum atomic E-state index is 13.0. The molecule has 0 atom stereocenters. The number of para-hydroxylation sites is 1. The van der Waals surface area contributed by atoms with E-state index >= 15 is 0 Å². The molecular weight excluding hydrogens is 316 g/mol. The van der Waals surface area contributed by atoms with Gasteiger partial charge in [-0.25, -0.2) is 0 Å². The molecule has 2 fully saturated rings. The van der Waals surface area contributed by atoms with E-state index in [9.17, 15) is 9.59 Å². The van der Waals surface area contributed by atoms with E-state index in [1.807, 2.05) is 30.0 Å². The Morgan fingerprint density at radius 2 is 2.00 bits per heavy atom. The minimum absolute atomic E-state index is 0.0565. The van der Waals surface area contributed by atoms with E-state index in [0.717, 1.165) is 31.4 Å². The average Bonchev–Trinajstić information content (AvgIpc) is 3.10. The van der Waals surface area contributed by atoms with E-state index in [2.05, 4.69) is 10.4 Å². The number of carbonyl (C=O) groups is 1. The molecule has 2 aliphatic heterocycles. The molecule has 0 radical (unpaired) electrons. The van der Waals surface area contributed by atoms with Gasteiger partial charge in [-0.2, -0.15) is 5.10 Å². The first kappa shape index (κ1) is 16.3. The van der Waals surface area contributed by atoms with Gasteiger partial charge in [0.1, 0.15) is 0 Å². The molecule has 1 amide bonds. The summed E-state index contributed by atoms with van der Waals surface area (Å²) in [7, 11) is 0. The maximum absolute atomic E-state index is 13.0. The molecule has 0 aliphatic carbocycles. The first-order valence-electron chi connectivity index (χ1n) is 9.13. The van der Waals surface area contributed by atoms with Gasteiger partial charge in [-0.15, -0.1) is 0 Å². The molecule has 6 nitrogen and oxygen atoms in total. The van der Waals surface area contributed by atoms with Crippen LogP contribution in [0.4, 0.5) is 0 Å². The van der Waals surface area contributed by atoms with Gasteiger partial charge in [0.05, 0.1) is 5.52 Å². The second-order valence-corrected chi connectivity index (χ2v) is 7.23. The van der Waals surface area contributed by atoms with Gasteiger partial charge in [0.15, 0.2) is 5.69 Å². The van der Waals surface area contributed by atoms with Crippen LogP contribution in [0.2, 0.25) is 0 Å². The number of carbonyl (C=O) groups excluding carboxylic acids is 1. The molecule has 6 heteroatoms. The standard InChI is InChI=1S/C19H24N4O2/c1-2-23-15-6-4-3-5-14(15)17(24)16(21-23)18(25)22-11-8-19(9-12-22)7-10-20-13-19/h3-6,20H,2,7-13H2,1H3. The number of aryl methyl sites for hydroxylation is 1. The van der Waals surface area contributed by atoms with E-state index < -0.39 is 0 Å². The van der Waals surface area contributed by atoms with Crippen molar-refractivity contribution in [3.8, 4) is 0 Å². The van der Waals surface area contributed by atoms with Crippen LogP contribution in [0, 0.1) is 5.41 Å². The lowest BCUT2D eigenvalue weighted by Crippen LogP contribution is -2.45. The van der Waals surface area contributed by atoms with Crippen molar-refractivity contribution in [2.45, 2.75) is 32.7 Å². The number of amides is 1. The molecule has 132 valence electrons.